The molecule has 23 heavy (non-hydrogen) atoms. The van der Waals surface area contributed by atoms with Crippen molar-refractivity contribution in [2.75, 3.05) is 0 Å². The smallest absolute Gasteiger partial charge is 0.227 e. The standard InChI is InChI=1S/C17H14Cl2N2O2/c18-13-5-1-3-10(15(13)19)9-21-17(23)12-6-7-14(22)16-11(12)4-2-8-20-16/h1-5,8,12H,6-7,9H2,(H,21,23). The number of halogens is 2. The number of fused-ring (bicyclic) bond motifs is 1. The second-order valence-corrected chi connectivity index (χ2v) is 6.17. The van der Waals surface area contributed by atoms with Crippen LogP contribution in [0.4, 0.5) is 0 Å². The number of nitrogens with zero attached hydrogens (tertiary/aromatic N) is 1. The lowest BCUT2D eigenvalue weighted by Gasteiger charge is -2.23. The number of hydrogen-bond donors (Lipinski definition) is 1. The van der Waals surface area contributed by atoms with E-state index in [1.807, 2.05) is 6.07 Å². The monoisotopic (exact) mass is 348 g/mol. The Morgan fingerprint density at radius 2 is 2.09 bits per heavy atom. The normalized spacial score (nSPS) is 16.8. The van der Waals surface area contributed by atoms with Crippen LogP contribution in [-0.4, -0.2) is 16.7 Å². The van der Waals surface area contributed by atoms with E-state index in [-0.39, 0.29) is 24.2 Å². The molecule has 0 saturated carbocycles. The second kappa shape index (κ2) is 6.69. The molecular formula is C17H14Cl2N2O2. The molecule has 1 atom stereocenters. The van der Waals surface area contributed by atoms with E-state index in [0.717, 1.165) is 5.56 Å². The molecule has 4 nitrogen and oxygen atoms in total. The van der Waals surface area contributed by atoms with Crippen molar-refractivity contribution in [3.63, 3.8) is 0 Å². The highest BCUT2D eigenvalue weighted by Crippen LogP contribution is 2.31. The molecule has 0 fully saturated rings. The molecule has 3 rings (SSSR count). The molecule has 1 aromatic heterocycles. The van der Waals surface area contributed by atoms with E-state index in [1.165, 1.54) is 0 Å². The van der Waals surface area contributed by atoms with Crippen LogP contribution in [0.1, 0.15) is 40.4 Å². The predicted octanol–water partition coefficient (Wildman–Crippen LogP) is 3.76. The third-order valence-electron chi connectivity index (χ3n) is 3.94. The molecular weight excluding hydrogens is 335 g/mol. The van der Waals surface area contributed by atoms with Crippen LogP contribution in [0, 0.1) is 0 Å². The summed E-state index contributed by atoms with van der Waals surface area (Å²) in [4.78, 5) is 28.5. The number of pyridine rings is 1. The van der Waals surface area contributed by atoms with Gasteiger partial charge in [0.25, 0.3) is 0 Å². The fraction of sp³-hybridized carbons (Fsp3) is 0.235. The molecule has 1 N–H and O–H groups in total. The fourth-order valence-corrected chi connectivity index (χ4v) is 3.13. The van der Waals surface area contributed by atoms with E-state index in [4.69, 9.17) is 23.2 Å². The van der Waals surface area contributed by atoms with E-state index < -0.39 is 0 Å². The number of amides is 1. The van der Waals surface area contributed by atoms with E-state index >= 15 is 0 Å². The van der Waals surface area contributed by atoms with E-state index in [0.29, 0.717) is 34.1 Å². The summed E-state index contributed by atoms with van der Waals surface area (Å²) in [6.45, 7) is 0.290. The van der Waals surface area contributed by atoms with Crippen LogP contribution in [0.15, 0.2) is 36.5 Å². The van der Waals surface area contributed by atoms with E-state index in [9.17, 15) is 9.59 Å². The zero-order valence-corrected chi connectivity index (χ0v) is 13.7. The van der Waals surface area contributed by atoms with Gasteiger partial charge in [-0.15, -0.1) is 0 Å². The van der Waals surface area contributed by atoms with Crippen molar-refractivity contribution >= 4 is 34.9 Å². The van der Waals surface area contributed by atoms with Gasteiger partial charge in [-0.2, -0.15) is 0 Å². The van der Waals surface area contributed by atoms with Gasteiger partial charge in [-0.3, -0.25) is 14.6 Å². The van der Waals surface area contributed by atoms with Crippen LogP contribution >= 0.6 is 23.2 Å². The summed E-state index contributed by atoms with van der Waals surface area (Å²) in [6, 6.07) is 8.83. The minimum Gasteiger partial charge on any atom is -0.351 e. The Balaban J connectivity index is 1.76. The van der Waals surface area contributed by atoms with Gasteiger partial charge < -0.3 is 5.32 Å². The highest BCUT2D eigenvalue weighted by molar-refractivity contribution is 6.42. The van der Waals surface area contributed by atoms with Gasteiger partial charge in [0, 0.05) is 19.2 Å². The number of carbonyl (C=O) groups is 2. The second-order valence-electron chi connectivity index (χ2n) is 5.39. The van der Waals surface area contributed by atoms with Gasteiger partial charge in [-0.1, -0.05) is 41.4 Å². The van der Waals surface area contributed by atoms with Crippen molar-refractivity contribution in [3.05, 3.63) is 63.4 Å². The number of nitrogens with one attached hydrogen (secondary N) is 1. The van der Waals surface area contributed by atoms with Crippen molar-refractivity contribution < 1.29 is 9.59 Å². The van der Waals surface area contributed by atoms with Gasteiger partial charge >= 0.3 is 0 Å². The number of Topliss-reactive ketones (excluding diaryl/α,β-unsaturated/α-hetero) is 1. The van der Waals surface area contributed by atoms with Crippen molar-refractivity contribution in [2.45, 2.75) is 25.3 Å². The lowest BCUT2D eigenvalue weighted by Crippen LogP contribution is -2.32. The SMILES string of the molecule is O=C1CCC(C(=O)NCc2cccc(Cl)c2Cl)c2cccnc21. The van der Waals surface area contributed by atoms with Gasteiger partial charge in [0.2, 0.25) is 5.91 Å². The average molecular weight is 349 g/mol. The maximum Gasteiger partial charge on any atom is 0.227 e. The Morgan fingerprint density at radius 1 is 1.26 bits per heavy atom. The molecule has 6 heteroatoms. The number of hydrogen-bond acceptors (Lipinski definition) is 3. The molecule has 0 radical (unpaired) electrons. The summed E-state index contributed by atoms with van der Waals surface area (Å²) in [5.74, 6) is -0.514. The van der Waals surface area contributed by atoms with Crippen molar-refractivity contribution in [2.24, 2.45) is 0 Å². The first kappa shape index (κ1) is 16.0. The molecule has 1 unspecified atom stereocenters. The minimum absolute atomic E-state index is 0.0115. The van der Waals surface area contributed by atoms with Crippen LogP contribution < -0.4 is 5.32 Å². The maximum atomic E-state index is 12.5. The Bertz CT molecular complexity index is 777. The molecule has 1 aliphatic carbocycles. The third kappa shape index (κ3) is 3.23. The molecule has 0 saturated heterocycles. The highest BCUT2D eigenvalue weighted by atomic mass is 35.5. The zero-order valence-electron chi connectivity index (χ0n) is 12.2. The number of benzene rings is 1. The van der Waals surface area contributed by atoms with Crippen molar-refractivity contribution in [1.29, 1.82) is 0 Å². The lowest BCUT2D eigenvalue weighted by atomic mass is 9.84. The van der Waals surface area contributed by atoms with Gasteiger partial charge in [0.15, 0.2) is 5.78 Å². The van der Waals surface area contributed by atoms with Gasteiger partial charge in [0.05, 0.1) is 16.0 Å². The minimum atomic E-state index is -0.366. The van der Waals surface area contributed by atoms with Crippen LogP contribution in [0.25, 0.3) is 0 Å². The average Bonchev–Trinajstić information content (AvgIpc) is 2.56. The summed E-state index contributed by atoms with van der Waals surface area (Å²) in [5.41, 5.74) is 1.85. The van der Waals surface area contributed by atoms with Crippen LogP contribution in [-0.2, 0) is 11.3 Å². The fourth-order valence-electron chi connectivity index (χ4n) is 2.74. The first-order valence-electron chi connectivity index (χ1n) is 7.26. The van der Waals surface area contributed by atoms with Gasteiger partial charge in [-0.25, -0.2) is 0 Å². The first-order valence-corrected chi connectivity index (χ1v) is 8.02. The number of ketones is 1. The molecule has 1 heterocycles. The summed E-state index contributed by atoms with van der Waals surface area (Å²) in [5, 5.41) is 3.77. The van der Waals surface area contributed by atoms with Crippen LogP contribution in [0.3, 0.4) is 0 Å². The summed E-state index contributed by atoms with van der Waals surface area (Å²) < 4.78 is 0. The molecule has 1 aliphatic rings. The summed E-state index contributed by atoms with van der Waals surface area (Å²) >= 11 is 12.1. The maximum absolute atomic E-state index is 12.5. The number of carbonyl (C=O) groups excluding carboxylic acids is 2. The van der Waals surface area contributed by atoms with Gasteiger partial charge in [0.1, 0.15) is 5.69 Å². The first-order chi connectivity index (χ1) is 11.1. The summed E-state index contributed by atoms with van der Waals surface area (Å²) in [7, 11) is 0. The Kier molecular flexibility index (Phi) is 4.64. The molecule has 2 aromatic rings. The van der Waals surface area contributed by atoms with Crippen molar-refractivity contribution in [3.8, 4) is 0 Å². The molecule has 118 valence electrons. The molecule has 0 bridgehead atoms. The molecule has 0 aliphatic heterocycles. The lowest BCUT2D eigenvalue weighted by molar-refractivity contribution is -0.122. The number of rotatable bonds is 3. The quantitative estimate of drug-likeness (QED) is 0.918. The van der Waals surface area contributed by atoms with E-state index in [1.54, 1.807) is 30.5 Å². The Hall–Kier alpha value is -1.91. The molecule has 0 spiro atoms. The highest BCUT2D eigenvalue weighted by Gasteiger charge is 2.31. The third-order valence-corrected chi connectivity index (χ3v) is 4.80. The van der Waals surface area contributed by atoms with E-state index in [2.05, 4.69) is 10.3 Å². The summed E-state index contributed by atoms with van der Waals surface area (Å²) in [6.07, 6.45) is 2.40. The Labute approximate surface area is 143 Å². The van der Waals surface area contributed by atoms with Crippen LogP contribution in [0.5, 0.6) is 0 Å². The molecule has 1 aromatic carbocycles. The Morgan fingerprint density at radius 3 is 2.91 bits per heavy atom. The number of aromatic nitrogens is 1. The van der Waals surface area contributed by atoms with Crippen molar-refractivity contribution in [1.82, 2.24) is 10.3 Å². The topological polar surface area (TPSA) is 59.1 Å². The largest absolute Gasteiger partial charge is 0.351 e. The predicted molar refractivity (Wildman–Crippen MR) is 88.9 cm³/mol. The zero-order chi connectivity index (χ0) is 16.4. The molecule has 1 amide bonds. The van der Waals surface area contributed by atoms with Crippen LogP contribution in [0.2, 0.25) is 10.0 Å². The van der Waals surface area contributed by atoms with Gasteiger partial charge in [-0.05, 0) is 29.7 Å².